The number of nitrogens with one attached hydrogen (secondary N) is 1. The monoisotopic (exact) mass is 317 g/mol. The zero-order valence-electron chi connectivity index (χ0n) is 9.90. The molecule has 1 unspecified atom stereocenters. The maximum Gasteiger partial charge on any atom is 0.241 e. The molecule has 1 aromatic rings. The maximum atomic E-state index is 12.1. The summed E-state index contributed by atoms with van der Waals surface area (Å²) in [6.45, 7) is 7.31. The summed E-state index contributed by atoms with van der Waals surface area (Å²) in [5.74, 6) is 0. The number of halogens is 1. The van der Waals surface area contributed by atoms with Crippen molar-refractivity contribution in [2.75, 3.05) is 0 Å². The van der Waals surface area contributed by atoms with E-state index in [9.17, 15) is 8.42 Å². The summed E-state index contributed by atoms with van der Waals surface area (Å²) in [5, 5.41) is 0. The van der Waals surface area contributed by atoms with E-state index in [-0.39, 0.29) is 10.9 Å². The van der Waals surface area contributed by atoms with Crippen LogP contribution >= 0.6 is 15.9 Å². The second-order valence-electron chi connectivity index (χ2n) is 3.98. The molecule has 0 saturated carbocycles. The Morgan fingerprint density at radius 2 is 2.18 bits per heavy atom. The first-order valence-electron chi connectivity index (χ1n) is 5.26. The van der Waals surface area contributed by atoms with E-state index in [1.807, 2.05) is 6.92 Å². The lowest BCUT2D eigenvalue weighted by Gasteiger charge is -2.13. The normalized spacial score (nSPS) is 13.4. The van der Waals surface area contributed by atoms with Gasteiger partial charge in [0.2, 0.25) is 10.0 Å². The molecule has 0 amide bonds. The highest BCUT2D eigenvalue weighted by atomic mass is 79.9. The quantitative estimate of drug-likeness (QED) is 0.848. The number of rotatable bonds is 5. The molecule has 0 aromatic heterocycles. The Morgan fingerprint density at radius 3 is 2.71 bits per heavy atom. The number of benzene rings is 1. The lowest BCUT2D eigenvalue weighted by Crippen LogP contribution is -2.32. The molecule has 5 heteroatoms. The van der Waals surface area contributed by atoms with Gasteiger partial charge in [-0.3, -0.25) is 0 Å². The molecule has 94 valence electrons. The largest absolute Gasteiger partial charge is 0.241 e. The smallest absolute Gasteiger partial charge is 0.208 e. The van der Waals surface area contributed by atoms with Crippen LogP contribution in [-0.4, -0.2) is 14.5 Å². The van der Waals surface area contributed by atoms with E-state index in [0.717, 1.165) is 5.56 Å². The number of aryl methyl sites for hydroxylation is 1. The van der Waals surface area contributed by atoms with Crippen molar-refractivity contribution in [3.05, 3.63) is 40.9 Å². The molecule has 1 rings (SSSR count). The SMILES string of the molecule is C=CCC(C)NS(=O)(=O)c1ccc(C)cc1Br. The molecule has 0 aliphatic heterocycles. The highest BCUT2D eigenvalue weighted by Crippen LogP contribution is 2.23. The molecule has 0 heterocycles. The van der Waals surface area contributed by atoms with Gasteiger partial charge in [0, 0.05) is 10.5 Å². The van der Waals surface area contributed by atoms with Gasteiger partial charge in [-0.05, 0) is 53.9 Å². The summed E-state index contributed by atoms with van der Waals surface area (Å²) in [6, 6.07) is 5.00. The van der Waals surface area contributed by atoms with E-state index in [4.69, 9.17) is 0 Å². The second-order valence-corrected chi connectivity index (χ2v) is 6.52. The van der Waals surface area contributed by atoms with E-state index in [1.54, 1.807) is 31.2 Å². The Morgan fingerprint density at radius 1 is 1.53 bits per heavy atom. The molecule has 3 nitrogen and oxygen atoms in total. The average Bonchev–Trinajstić information content (AvgIpc) is 2.15. The molecule has 0 spiro atoms. The van der Waals surface area contributed by atoms with E-state index in [2.05, 4.69) is 27.2 Å². The summed E-state index contributed by atoms with van der Waals surface area (Å²) in [7, 11) is -3.47. The molecule has 0 aliphatic rings. The van der Waals surface area contributed by atoms with Crippen molar-refractivity contribution in [2.45, 2.75) is 31.2 Å². The number of sulfonamides is 1. The van der Waals surface area contributed by atoms with E-state index in [1.165, 1.54) is 0 Å². The number of hydrogen-bond donors (Lipinski definition) is 1. The van der Waals surface area contributed by atoms with Crippen LogP contribution in [0.15, 0.2) is 40.2 Å². The molecular formula is C12H16BrNO2S. The zero-order chi connectivity index (χ0) is 13.1. The summed E-state index contributed by atoms with van der Waals surface area (Å²) < 4.78 is 27.3. The fourth-order valence-corrected chi connectivity index (χ4v) is 3.90. The second kappa shape index (κ2) is 5.80. The topological polar surface area (TPSA) is 46.2 Å². The molecule has 1 N–H and O–H groups in total. The van der Waals surface area contributed by atoms with Gasteiger partial charge < -0.3 is 0 Å². The molecule has 0 radical (unpaired) electrons. The third kappa shape index (κ3) is 3.94. The summed E-state index contributed by atoms with van der Waals surface area (Å²) in [6.07, 6.45) is 2.29. The minimum absolute atomic E-state index is 0.161. The number of hydrogen-bond acceptors (Lipinski definition) is 2. The molecule has 0 bridgehead atoms. The first kappa shape index (κ1) is 14.4. The van der Waals surface area contributed by atoms with Gasteiger partial charge in [-0.1, -0.05) is 12.1 Å². The standard InChI is InChI=1S/C12H16BrNO2S/c1-4-5-10(3)14-17(15,16)12-7-6-9(2)8-11(12)13/h4,6-8,10,14H,1,5H2,2-3H3. The molecule has 1 atom stereocenters. The van der Waals surface area contributed by atoms with Crippen molar-refractivity contribution in [3.8, 4) is 0 Å². The fourth-order valence-electron chi connectivity index (χ4n) is 1.45. The molecular weight excluding hydrogens is 302 g/mol. The van der Waals surface area contributed by atoms with Gasteiger partial charge in [0.1, 0.15) is 0 Å². The van der Waals surface area contributed by atoms with Gasteiger partial charge in [0.15, 0.2) is 0 Å². The van der Waals surface area contributed by atoms with Gasteiger partial charge in [-0.25, -0.2) is 13.1 Å². The van der Waals surface area contributed by atoms with Gasteiger partial charge in [0.05, 0.1) is 4.90 Å². The Bertz CT molecular complexity index is 511. The first-order chi connectivity index (χ1) is 7.86. The van der Waals surface area contributed by atoms with E-state index < -0.39 is 10.0 Å². The van der Waals surface area contributed by atoms with Crippen LogP contribution in [0.4, 0.5) is 0 Å². The predicted octanol–water partition coefficient (Wildman–Crippen LogP) is 3.00. The first-order valence-corrected chi connectivity index (χ1v) is 7.54. The summed E-state index contributed by atoms with van der Waals surface area (Å²) >= 11 is 3.27. The van der Waals surface area contributed by atoms with Crippen LogP contribution in [-0.2, 0) is 10.0 Å². The average molecular weight is 318 g/mol. The van der Waals surface area contributed by atoms with Gasteiger partial charge in [0.25, 0.3) is 0 Å². The zero-order valence-corrected chi connectivity index (χ0v) is 12.3. The lowest BCUT2D eigenvalue weighted by atomic mass is 10.2. The Balaban J connectivity index is 3.01. The third-order valence-corrected chi connectivity index (χ3v) is 4.82. The van der Waals surface area contributed by atoms with Crippen molar-refractivity contribution >= 4 is 26.0 Å². The van der Waals surface area contributed by atoms with Crippen molar-refractivity contribution in [3.63, 3.8) is 0 Å². The van der Waals surface area contributed by atoms with E-state index >= 15 is 0 Å². The highest BCUT2D eigenvalue weighted by Gasteiger charge is 2.19. The van der Waals surface area contributed by atoms with Crippen molar-refractivity contribution in [1.29, 1.82) is 0 Å². The maximum absolute atomic E-state index is 12.1. The Hall–Kier alpha value is -0.650. The van der Waals surface area contributed by atoms with Crippen LogP contribution in [0.1, 0.15) is 18.9 Å². The van der Waals surface area contributed by atoms with Crippen LogP contribution in [0.2, 0.25) is 0 Å². The van der Waals surface area contributed by atoms with Crippen LogP contribution < -0.4 is 4.72 Å². The van der Waals surface area contributed by atoms with Crippen molar-refractivity contribution in [1.82, 2.24) is 4.72 Å². The molecule has 17 heavy (non-hydrogen) atoms. The molecule has 0 fully saturated rings. The summed E-state index contributed by atoms with van der Waals surface area (Å²) in [4.78, 5) is 0.263. The minimum Gasteiger partial charge on any atom is -0.208 e. The minimum atomic E-state index is -3.47. The van der Waals surface area contributed by atoms with Crippen LogP contribution in [0, 0.1) is 6.92 Å². The highest BCUT2D eigenvalue weighted by molar-refractivity contribution is 9.10. The predicted molar refractivity (Wildman–Crippen MR) is 73.5 cm³/mol. The van der Waals surface area contributed by atoms with Crippen molar-refractivity contribution in [2.24, 2.45) is 0 Å². The molecule has 0 aliphatic carbocycles. The van der Waals surface area contributed by atoms with Gasteiger partial charge in [-0.2, -0.15) is 0 Å². The van der Waals surface area contributed by atoms with Crippen molar-refractivity contribution < 1.29 is 8.42 Å². The molecule has 1 aromatic carbocycles. The summed E-state index contributed by atoms with van der Waals surface area (Å²) in [5.41, 5.74) is 1.01. The van der Waals surface area contributed by atoms with Crippen LogP contribution in [0.25, 0.3) is 0 Å². The Kier molecular flexibility index (Phi) is 4.91. The van der Waals surface area contributed by atoms with Crippen LogP contribution in [0.5, 0.6) is 0 Å². The third-order valence-electron chi connectivity index (χ3n) is 2.25. The van der Waals surface area contributed by atoms with Gasteiger partial charge >= 0.3 is 0 Å². The lowest BCUT2D eigenvalue weighted by molar-refractivity contribution is 0.561. The fraction of sp³-hybridized carbons (Fsp3) is 0.333. The molecule has 0 saturated heterocycles. The van der Waals surface area contributed by atoms with Crippen LogP contribution in [0.3, 0.4) is 0 Å². The van der Waals surface area contributed by atoms with E-state index in [0.29, 0.717) is 10.9 Å². The Labute approximate surface area is 111 Å². The van der Waals surface area contributed by atoms with Gasteiger partial charge in [-0.15, -0.1) is 6.58 Å².